The third kappa shape index (κ3) is 19.8. The summed E-state index contributed by atoms with van der Waals surface area (Å²) in [6.45, 7) is 14.9. The van der Waals surface area contributed by atoms with Crippen molar-refractivity contribution in [3.8, 4) is 34.5 Å². The highest BCUT2D eigenvalue weighted by atomic mass is 32.1. The lowest BCUT2D eigenvalue weighted by molar-refractivity contribution is -0.145. The molecule has 7 rings (SSSR count). The van der Waals surface area contributed by atoms with Crippen molar-refractivity contribution in [2.75, 3.05) is 38.0 Å². The molecular weight excluding hydrogens is 1070 g/mol. The molecule has 0 atom stereocenters. The number of aromatic nitrogens is 1. The van der Waals surface area contributed by atoms with Crippen LogP contribution in [0.3, 0.4) is 0 Å². The van der Waals surface area contributed by atoms with E-state index in [2.05, 4.69) is 19.7 Å². The number of rotatable bonds is 31. The fraction of sp³-hybridized carbons (Fsp3) is 0.406. The Morgan fingerprint density at radius 2 is 0.963 bits per heavy atom. The van der Waals surface area contributed by atoms with Crippen LogP contribution in [-0.2, 0) is 38.2 Å². The molecule has 0 unspecified atom stereocenters. The number of carbonyl (C=O) groups is 6. The monoisotopic (exact) mass is 1140 g/mol. The molecule has 2 aliphatic rings. The Balaban J connectivity index is 0.899. The van der Waals surface area contributed by atoms with E-state index in [1.807, 2.05) is 31.2 Å². The first-order valence-corrected chi connectivity index (χ1v) is 29.0. The van der Waals surface area contributed by atoms with Crippen LogP contribution in [0.15, 0.2) is 134 Å². The van der Waals surface area contributed by atoms with Gasteiger partial charge in [-0.2, -0.15) is 5.10 Å². The Morgan fingerprint density at radius 1 is 0.549 bits per heavy atom. The van der Waals surface area contributed by atoms with E-state index < -0.39 is 41.6 Å². The van der Waals surface area contributed by atoms with Gasteiger partial charge in [0.25, 0.3) is 0 Å². The molecule has 0 saturated heterocycles. The highest BCUT2D eigenvalue weighted by Gasteiger charge is 2.34. The molecule has 1 heterocycles. The van der Waals surface area contributed by atoms with Crippen LogP contribution in [-0.4, -0.2) is 80.0 Å². The fourth-order valence-corrected chi connectivity index (χ4v) is 10.3. The fourth-order valence-electron chi connectivity index (χ4n) is 9.39. The summed E-state index contributed by atoms with van der Waals surface area (Å²) in [6.07, 6.45) is 14.2. The molecule has 434 valence electrons. The average molecular weight is 1140 g/mol. The Morgan fingerprint density at radius 3 is 1.41 bits per heavy atom. The smallest absolute Gasteiger partial charge is 0.330 e. The molecule has 0 N–H and O–H groups in total. The minimum absolute atomic E-state index is 0.209. The normalized spacial score (nSPS) is 16.7. The summed E-state index contributed by atoms with van der Waals surface area (Å²) < 4.78 is 46.2. The predicted molar refractivity (Wildman–Crippen MR) is 312 cm³/mol. The number of fused-ring (bicyclic) bond motifs is 1. The molecule has 17 nitrogen and oxygen atoms in total. The number of benzene rings is 4. The van der Waals surface area contributed by atoms with Gasteiger partial charge in [-0.1, -0.05) is 48.8 Å². The predicted octanol–water partition coefficient (Wildman–Crippen LogP) is 12.7. The molecule has 0 aliphatic heterocycles. The zero-order chi connectivity index (χ0) is 58.1. The summed E-state index contributed by atoms with van der Waals surface area (Å²) in [5.41, 5.74) is 2.04. The van der Waals surface area contributed by atoms with E-state index in [0.717, 1.165) is 79.3 Å². The lowest BCUT2D eigenvalue weighted by Gasteiger charge is -2.26. The Kier molecular flexibility index (Phi) is 24.3. The van der Waals surface area contributed by atoms with Gasteiger partial charge in [0, 0.05) is 17.7 Å². The maximum Gasteiger partial charge on any atom is 0.330 e. The second-order valence-corrected chi connectivity index (χ2v) is 21.4. The number of unbranched alkanes of at least 4 members (excludes halogenated alkanes) is 6. The number of hydrogen-bond acceptors (Lipinski definition) is 18. The second kappa shape index (κ2) is 32.4. The molecular formula is C64H73N3O14S. The van der Waals surface area contributed by atoms with Crippen molar-refractivity contribution in [3.63, 3.8) is 0 Å². The molecule has 0 amide bonds. The van der Waals surface area contributed by atoms with Crippen molar-refractivity contribution in [1.29, 1.82) is 0 Å². The maximum absolute atomic E-state index is 13.9. The number of hydrazone groups is 1. The molecule has 1 aromatic heterocycles. The van der Waals surface area contributed by atoms with Gasteiger partial charge in [-0.05, 0) is 189 Å². The molecule has 5 aromatic rings. The number of esters is 6. The SMILES string of the molecule is C=CC(=O)OCCCCCCOc1ccc(OC(=O)[C@H]2CC[C@H](C(=O)Oc3ccc(OC(=O)[C@H]4CC[C@@H](C(=O)Oc5ccc(OCCCCCCOC(=O)C=C)cc5)CC4)c(/C=N/N(CC(=C)C)c4nc5ccccc5s4)c3)CC2)cc1. The van der Waals surface area contributed by atoms with Crippen molar-refractivity contribution < 1.29 is 66.7 Å². The first-order chi connectivity index (χ1) is 39.8. The lowest BCUT2D eigenvalue weighted by Crippen LogP contribution is -2.30. The zero-order valence-electron chi connectivity index (χ0n) is 46.6. The highest BCUT2D eigenvalue weighted by Crippen LogP contribution is 2.36. The maximum atomic E-state index is 13.9. The Hall–Kier alpha value is -8.12. The third-order valence-electron chi connectivity index (χ3n) is 14.0. The molecule has 4 aromatic carbocycles. The van der Waals surface area contributed by atoms with Gasteiger partial charge in [-0.15, -0.1) is 0 Å². The van der Waals surface area contributed by atoms with Gasteiger partial charge in [-0.3, -0.25) is 19.2 Å². The average Bonchev–Trinajstić information content (AvgIpc) is 4.06. The molecule has 0 bridgehead atoms. The van der Waals surface area contributed by atoms with Gasteiger partial charge in [0.2, 0.25) is 5.13 Å². The standard InChI is InChI=1S/C64H73N3O14S/c1-5-58(68)76-39-15-9-7-13-37-74-50-27-31-52(32-28-50)78-60(70)45-19-21-47(22-20-45)62(72)80-54-35-36-56(49(41-54)42-65-67(43-44(3)4)64-66-55-17-11-12-18-57(55)82-64)81-63(73)48-25-23-46(24-26-48)61(71)79-53-33-29-51(30-34-53)75-38-14-8-10-16-40-77-59(69)6-2/h5-6,11-12,17-18,27-36,41-42,45-48H,1-3,7-10,13-16,19-26,37-40,43H2,4H3/b65-42+/t45-,46-,47-,48+. The minimum Gasteiger partial charge on any atom is -0.494 e. The number of nitrogens with zero attached hydrogens (tertiary/aromatic N) is 3. The molecule has 2 aliphatic carbocycles. The van der Waals surface area contributed by atoms with Gasteiger partial charge >= 0.3 is 35.8 Å². The summed E-state index contributed by atoms with van der Waals surface area (Å²) >= 11 is 1.47. The molecule has 18 heteroatoms. The largest absolute Gasteiger partial charge is 0.494 e. The van der Waals surface area contributed by atoms with E-state index in [0.29, 0.717) is 118 Å². The van der Waals surface area contributed by atoms with Crippen LogP contribution >= 0.6 is 11.3 Å². The number of anilines is 1. The molecule has 0 radical (unpaired) electrons. The third-order valence-corrected chi connectivity index (χ3v) is 15.0. The van der Waals surface area contributed by atoms with E-state index in [-0.39, 0.29) is 29.4 Å². The van der Waals surface area contributed by atoms with Gasteiger partial charge < -0.3 is 37.9 Å². The molecule has 2 saturated carbocycles. The van der Waals surface area contributed by atoms with E-state index in [1.165, 1.54) is 11.3 Å². The number of carbonyl (C=O) groups excluding carboxylic acids is 6. The molecule has 0 spiro atoms. The summed E-state index contributed by atoms with van der Waals surface area (Å²) in [5.74, 6) is -1.59. The van der Waals surface area contributed by atoms with Crippen molar-refractivity contribution in [3.05, 3.63) is 134 Å². The lowest BCUT2D eigenvalue weighted by atomic mass is 9.82. The van der Waals surface area contributed by atoms with E-state index in [9.17, 15) is 28.8 Å². The van der Waals surface area contributed by atoms with Crippen LogP contribution in [0.4, 0.5) is 5.13 Å². The minimum atomic E-state index is -0.477. The van der Waals surface area contributed by atoms with Crippen LogP contribution in [0, 0.1) is 23.7 Å². The van der Waals surface area contributed by atoms with Crippen LogP contribution in [0.5, 0.6) is 34.5 Å². The van der Waals surface area contributed by atoms with Gasteiger partial charge in [0.1, 0.15) is 34.5 Å². The Labute approximate surface area is 483 Å². The van der Waals surface area contributed by atoms with Crippen LogP contribution in [0.2, 0.25) is 0 Å². The van der Waals surface area contributed by atoms with Gasteiger partial charge in [0.05, 0.1) is 73.1 Å². The van der Waals surface area contributed by atoms with Crippen LogP contribution in [0.1, 0.15) is 115 Å². The summed E-state index contributed by atoms with van der Waals surface area (Å²) in [4.78, 5) is 81.2. The quantitative estimate of drug-likeness (QED) is 0.00769. The topological polar surface area (TPSA) is 205 Å². The van der Waals surface area contributed by atoms with Crippen LogP contribution < -0.4 is 33.4 Å². The Bertz CT molecular complexity index is 2960. The van der Waals surface area contributed by atoms with Crippen molar-refractivity contribution in [2.24, 2.45) is 28.8 Å². The van der Waals surface area contributed by atoms with E-state index >= 15 is 0 Å². The van der Waals surface area contributed by atoms with Crippen LogP contribution in [0.25, 0.3) is 10.2 Å². The summed E-state index contributed by atoms with van der Waals surface area (Å²) in [6, 6.07) is 26.4. The summed E-state index contributed by atoms with van der Waals surface area (Å²) in [5, 5.41) is 7.16. The first-order valence-electron chi connectivity index (χ1n) is 28.2. The van der Waals surface area contributed by atoms with E-state index in [4.69, 9.17) is 48.0 Å². The second-order valence-electron chi connectivity index (χ2n) is 20.4. The van der Waals surface area contributed by atoms with Crippen molar-refractivity contribution in [2.45, 2.75) is 110 Å². The first kappa shape index (κ1) is 61.5. The van der Waals surface area contributed by atoms with Crippen molar-refractivity contribution >= 4 is 68.7 Å². The van der Waals surface area contributed by atoms with Crippen molar-refractivity contribution in [1.82, 2.24) is 4.98 Å². The highest BCUT2D eigenvalue weighted by molar-refractivity contribution is 7.22. The zero-order valence-corrected chi connectivity index (χ0v) is 47.5. The number of thiazole rings is 1. The summed E-state index contributed by atoms with van der Waals surface area (Å²) in [7, 11) is 0. The number of ether oxygens (including phenoxy) is 8. The number of hydrogen-bond donors (Lipinski definition) is 0. The van der Waals surface area contributed by atoms with Gasteiger partial charge in [0.15, 0.2) is 0 Å². The van der Waals surface area contributed by atoms with Gasteiger partial charge in [-0.25, -0.2) is 19.6 Å². The van der Waals surface area contributed by atoms with E-state index in [1.54, 1.807) is 78.0 Å². The molecule has 82 heavy (non-hydrogen) atoms. The number of para-hydroxylation sites is 1. The molecule has 2 fully saturated rings.